The average molecular weight is 327 g/mol. The molecule has 0 aromatic heterocycles. The number of nitro benzene ring substituents is 1. The predicted octanol–water partition coefficient (Wildman–Crippen LogP) is 2.32. The van der Waals surface area contributed by atoms with Gasteiger partial charge < -0.3 is 10.8 Å². The summed E-state index contributed by atoms with van der Waals surface area (Å²) >= 11 is 0. The topological polar surface area (TPSA) is 127 Å². The molecule has 0 radical (unpaired) electrons. The Hall–Kier alpha value is -3.42. The van der Waals surface area contributed by atoms with Crippen molar-refractivity contribution < 1.29 is 19.6 Å². The molecule has 1 atom stereocenters. The van der Waals surface area contributed by atoms with E-state index < -0.39 is 22.8 Å². The lowest BCUT2D eigenvalue weighted by atomic mass is 9.91. The van der Waals surface area contributed by atoms with Crippen LogP contribution in [-0.2, 0) is 0 Å². The first-order chi connectivity index (χ1) is 11.4. The maximum absolute atomic E-state index is 11.5. The third kappa shape index (κ3) is 2.43. The summed E-state index contributed by atoms with van der Waals surface area (Å²) in [5.41, 5.74) is 6.74. The van der Waals surface area contributed by atoms with Crippen LogP contribution in [0.2, 0.25) is 0 Å². The van der Waals surface area contributed by atoms with E-state index >= 15 is 0 Å². The molecule has 3 N–H and O–H groups in total. The highest BCUT2D eigenvalue weighted by molar-refractivity contribution is 5.93. The minimum absolute atomic E-state index is 0.0748. The summed E-state index contributed by atoms with van der Waals surface area (Å²) in [6.07, 6.45) is -1.17. The second kappa shape index (κ2) is 5.65. The molecule has 1 heterocycles. The summed E-state index contributed by atoms with van der Waals surface area (Å²) in [5, 5.41) is 20.7. The lowest BCUT2D eigenvalue weighted by Gasteiger charge is -2.13. The van der Waals surface area contributed by atoms with Crippen LogP contribution >= 0.6 is 0 Å². The van der Waals surface area contributed by atoms with Gasteiger partial charge in [0, 0.05) is 24.1 Å². The van der Waals surface area contributed by atoms with Crippen LogP contribution in [0.1, 0.15) is 27.4 Å². The van der Waals surface area contributed by atoms with Gasteiger partial charge >= 0.3 is 6.09 Å². The number of carbonyl (C=O) groups excluding carboxylic acids is 1. The average Bonchev–Trinajstić information content (AvgIpc) is 2.94. The zero-order valence-corrected chi connectivity index (χ0v) is 12.4. The van der Waals surface area contributed by atoms with Crippen LogP contribution in [0, 0.1) is 10.1 Å². The van der Waals surface area contributed by atoms with Crippen molar-refractivity contribution in [2.24, 2.45) is 5.73 Å². The van der Waals surface area contributed by atoms with Gasteiger partial charge in [0.15, 0.2) is 0 Å². The highest BCUT2D eigenvalue weighted by Crippen LogP contribution is 2.45. The first kappa shape index (κ1) is 15.5. The number of nitrogens with zero attached hydrogens (tertiary/aromatic N) is 2. The fourth-order valence-electron chi connectivity index (χ4n) is 3.00. The first-order valence-corrected chi connectivity index (χ1v) is 7.07. The van der Waals surface area contributed by atoms with Crippen LogP contribution in [-0.4, -0.2) is 28.6 Å². The SMILES string of the molecule is NC(=O)c1ccc(C2CN(C(=O)O)c3cccc([N+](=O)[O-])c32)cc1. The molecule has 0 aliphatic carbocycles. The van der Waals surface area contributed by atoms with Crippen molar-refractivity contribution in [2.45, 2.75) is 5.92 Å². The standard InChI is InChI=1S/C16H13N3O5/c17-15(20)10-6-4-9(5-7-10)11-8-18(16(21)22)12-2-1-3-13(14(11)12)19(23)24/h1-7,11H,8H2,(H2,17,20)(H,21,22). The maximum atomic E-state index is 11.5. The number of benzene rings is 2. The van der Waals surface area contributed by atoms with E-state index in [9.17, 15) is 24.8 Å². The fraction of sp³-hybridized carbons (Fsp3) is 0.125. The van der Waals surface area contributed by atoms with Crippen LogP contribution in [0.4, 0.5) is 16.2 Å². The van der Waals surface area contributed by atoms with Crippen LogP contribution in [0.3, 0.4) is 0 Å². The van der Waals surface area contributed by atoms with Gasteiger partial charge in [0.2, 0.25) is 5.91 Å². The molecule has 2 amide bonds. The Bertz CT molecular complexity index is 847. The fourth-order valence-corrected chi connectivity index (χ4v) is 3.00. The normalized spacial score (nSPS) is 15.8. The van der Waals surface area contributed by atoms with Gasteiger partial charge in [-0.3, -0.25) is 19.8 Å². The van der Waals surface area contributed by atoms with E-state index in [2.05, 4.69) is 0 Å². The summed E-state index contributed by atoms with van der Waals surface area (Å²) in [6.45, 7) is 0.0748. The molecule has 24 heavy (non-hydrogen) atoms. The Morgan fingerprint density at radius 3 is 2.42 bits per heavy atom. The Balaban J connectivity index is 2.13. The van der Waals surface area contributed by atoms with Crippen LogP contribution in [0.15, 0.2) is 42.5 Å². The molecule has 0 saturated carbocycles. The molecular formula is C16H13N3O5. The van der Waals surface area contributed by atoms with E-state index in [0.717, 1.165) is 4.90 Å². The minimum Gasteiger partial charge on any atom is -0.465 e. The summed E-state index contributed by atoms with van der Waals surface area (Å²) in [4.78, 5) is 34.5. The van der Waals surface area contributed by atoms with Gasteiger partial charge in [0.25, 0.3) is 5.69 Å². The Labute approximate surface area is 136 Å². The highest BCUT2D eigenvalue weighted by Gasteiger charge is 2.38. The monoisotopic (exact) mass is 327 g/mol. The molecule has 2 aromatic carbocycles. The van der Waals surface area contributed by atoms with Gasteiger partial charge in [-0.05, 0) is 23.8 Å². The van der Waals surface area contributed by atoms with E-state index in [-0.39, 0.29) is 12.2 Å². The second-order valence-corrected chi connectivity index (χ2v) is 5.40. The number of anilines is 1. The van der Waals surface area contributed by atoms with Crippen LogP contribution < -0.4 is 10.6 Å². The number of carbonyl (C=O) groups is 2. The minimum atomic E-state index is -1.17. The number of amides is 2. The smallest absolute Gasteiger partial charge is 0.411 e. The maximum Gasteiger partial charge on any atom is 0.411 e. The van der Waals surface area contributed by atoms with Gasteiger partial charge in [-0.2, -0.15) is 0 Å². The quantitative estimate of drug-likeness (QED) is 0.660. The van der Waals surface area contributed by atoms with E-state index in [1.165, 1.54) is 24.3 Å². The van der Waals surface area contributed by atoms with Gasteiger partial charge in [0.1, 0.15) is 0 Å². The molecule has 0 fully saturated rings. The number of rotatable bonds is 3. The molecule has 0 spiro atoms. The van der Waals surface area contributed by atoms with E-state index in [0.29, 0.717) is 22.4 Å². The molecule has 8 heteroatoms. The van der Waals surface area contributed by atoms with Crippen molar-refractivity contribution in [1.29, 1.82) is 0 Å². The van der Waals surface area contributed by atoms with Crippen LogP contribution in [0.5, 0.6) is 0 Å². The number of hydrogen-bond acceptors (Lipinski definition) is 4. The molecular weight excluding hydrogens is 314 g/mol. The van der Waals surface area contributed by atoms with Crippen molar-refractivity contribution in [1.82, 2.24) is 0 Å². The first-order valence-electron chi connectivity index (χ1n) is 7.07. The molecule has 122 valence electrons. The molecule has 1 aliphatic heterocycles. The van der Waals surface area contributed by atoms with Crippen molar-refractivity contribution >= 4 is 23.4 Å². The highest BCUT2D eigenvalue weighted by atomic mass is 16.6. The Morgan fingerprint density at radius 2 is 1.88 bits per heavy atom. The number of primary amides is 1. The molecule has 3 rings (SSSR count). The summed E-state index contributed by atoms with van der Waals surface area (Å²) in [6, 6.07) is 10.7. The summed E-state index contributed by atoms with van der Waals surface area (Å²) < 4.78 is 0. The number of nitrogens with two attached hydrogens (primary N) is 1. The lowest BCUT2D eigenvalue weighted by molar-refractivity contribution is -0.385. The van der Waals surface area contributed by atoms with Gasteiger partial charge in [-0.25, -0.2) is 4.79 Å². The van der Waals surface area contributed by atoms with Crippen molar-refractivity contribution in [3.63, 3.8) is 0 Å². The van der Waals surface area contributed by atoms with Gasteiger partial charge in [-0.1, -0.05) is 18.2 Å². The number of carboxylic acid groups (broad SMARTS) is 1. The molecule has 1 unspecified atom stereocenters. The molecule has 0 bridgehead atoms. The molecule has 1 aliphatic rings. The Kier molecular flexibility index (Phi) is 3.64. The molecule has 2 aromatic rings. The number of fused-ring (bicyclic) bond motifs is 1. The lowest BCUT2D eigenvalue weighted by Crippen LogP contribution is -2.28. The van der Waals surface area contributed by atoms with Crippen molar-refractivity contribution in [3.05, 3.63) is 69.3 Å². The van der Waals surface area contributed by atoms with E-state index in [1.54, 1.807) is 18.2 Å². The third-order valence-electron chi connectivity index (χ3n) is 4.09. The van der Waals surface area contributed by atoms with Gasteiger partial charge in [-0.15, -0.1) is 0 Å². The van der Waals surface area contributed by atoms with E-state index in [4.69, 9.17) is 5.73 Å². The van der Waals surface area contributed by atoms with Crippen molar-refractivity contribution in [2.75, 3.05) is 11.4 Å². The second-order valence-electron chi connectivity index (χ2n) is 5.40. The largest absolute Gasteiger partial charge is 0.465 e. The van der Waals surface area contributed by atoms with Crippen LogP contribution in [0.25, 0.3) is 0 Å². The van der Waals surface area contributed by atoms with E-state index in [1.807, 2.05) is 0 Å². The predicted molar refractivity (Wildman–Crippen MR) is 85.3 cm³/mol. The van der Waals surface area contributed by atoms with Gasteiger partial charge in [0.05, 0.1) is 16.2 Å². The molecule has 8 nitrogen and oxygen atoms in total. The molecule has 0 saturated heterocycles. The third-order valence-corrected chi connectivity index (χ3v) is 4.09. The Morgan fingerprint density at radius 1 is 1.21 bits per heavy atom. The van der Waals surface area contributed by atoms with Crippen molar-refractivity contribution in [3.8, 4) is 0 Å². The zero-order chi connectivity index (χ0) is 17.4. The number of nitro groups is 1. The zero-order valence-electron chi connectivity index (χ0n) is 12.4. The number of hydrogen-bond donors (Lipinski definition) is 2. The summed E-state index contributed by atoms with van der Waals surface area (Å²) in [7, 11) is 0. The summed E-state index contributed by atoms with van der Waals surface area (Å²) in [5.74, 6) is -1.06.